The number of nitrogen functional groups attached to an aromatic ring is 1. The molecule has 0 amide bonds. The number of anilines is 1. The number of nitrogens with two attached hydrogens (primary N) is 1. The van der Waals surface area contributed by atoms with Crippen LogP contribution in [0.1, 0.15) is 13.8 Å². The zero-order valence-electron chi connectivity index (χ0n) is 9.18. The molecule has 2 heterocycles. The number of pyridine rings is 1. The largest absolute Gasteiger partial charge is 0.475 e. The van der Waals surface area contributed by atoms with E-state index in [4.69, 9.17) is 15.0 Å². The van der Waals surface area contributed by atoms with Crippen molar-refractivity contribution in [3.63, 3.8) is 0 Å². The van der Waals surface area contributed by atoms with E-state index in [0.717, 1.165) is 0 Å². The van der Waals surface area contributed by atoms with Crippen LogP contribution in [-0.4, -0.2) is 16.2 Å². The second kappa shape index (κ2) is 4.22. The van der Waals surface area contributed by atoms with E-state index in [2.05, 4.69) is 10.1 Å². The van der Waals surface area contributed by atoms with Gasteiger partial charge >= 0.3 is 0 Å². The van der Waals surface area contributed by atoms with E-state index in [1.165, 1.54) is 6.20 Å². The molecule has 5 heteroatoms. The van der Waals surface area contributed by atoms with Gasteiger partial charge in [0.15, 0.2) is 0 Å². The van der Waals surface area contributed by atoms with Crippen molar-refractivity contribution >= 4 is 5.69 Å². The summed E-state index contributed by atoms with van der Waals surface area (Å²) in [6, 6.07) is 5.42. The Morgan fingerprint density at radius 1 is 1.38 bits per heavy atom. The maximum atomic E-state index is 5.69. The first-order valence-corrected chi connectivity index (χ1v) is 5.01. The molecular weight excluding hydrogens is 206 g/mol. The van der Waals surface area contributed by atoms with Crippen LogP contribution in [0.15, 0.2) is 28.9 Å². The first kappa shape index (κ1) is 10.5. The predicted molar refractivity (Wildman–Crippen MR) is 59.9 cm³/mol. The van der Waals surface area contributed by atoms with E-state index in [1.54, 1.807) is 12.1 Å². The van der Waals surface area contributed by atoms with Gasteiger partial charge in [-0.05, 0) is 19.9 Å². The standard InChI is InChI=1S/C11H13N3O2/c1-7(2)15-10-5-3-4-9(14-10)11-8(12)6-13-16-11/h3-7H,12H2,1-2H3. The Morgan fingerprint density at radius 3 is 2.81 bits per heavy atom. The van der Waals surface area contributed by atoms with Crippen molar-refractivity contribution in [1.82, 2.24) is 10.1 Å². The third-order valence-corrected chi connectivity index (χ3v) is 1.91. The maximum Gasteiger partial charge on any atom is 0.214 e. The molecule has 0 saturated heterocycles. The minimum atomic E-state index is 0.0785. The maximum absolute atomic E-state index is 5.69. The first-order chi connectivity index (χ1) is 7.66. The van der Waals surface area contributed by atoms with Crippen molar-refractivity contribution in [3.05, 3.63) is 24.4 Å². The molecule has 0 spiro atoms. The Kier molecular flexibility index (Phi) is 2.76. The van der Waals surface area contributed by atoms with Crippen molar-refractivity contribution in [2.24, 2.45) is 0 Å². The summed E-state index contributed by atoms with van der Waals surface area (Å²) >= 11 is 0. The van der Waals surface area contributed by atoms with E-state index in [1.807, 2.05) is 19.9 Å². The number of aromatic nitrogens is 2. The lowest BCUT2D eigenvalue weighted by molar-refractivity contribution is 0.233. The van der Waals surface area contributed by atoms with Crippen LogP contribution in [0.2, 0.25) is 0 Å². The Morgan fingerprint density at radius 2 is 2.19 bits per heavy atom. The fourth-order valence-corrected chi connectivity index (χ4v) is 1.29. The van der Waals surface area contributed by atoms with Gasteiger partial charge in [-0.15, -0.1) is 0 Å². The summed E-state index contributed by atoms with van der Waals surface area (Å²) in [6.07, 6.45) is 1.53. The molecule has 84 valence electrons. The first-order valence-electron chi connectivity index (χ1n) is 5.01. The van der Waals surface area contributed by atoms with E-state index in [0.29, 0.717) is 23.0 Å². The van der Waals surface area contributed by atoms with Gasteiger partial charge in [0.05, 0.1) is 12.3 Å². The SMILES string of the molecule is CC(C)Oc1cccc(-c2oncc2N)n1. The molecule has 5 nitrogen and oxygen atoms in total. The average molecular weight is 219 g/mol. The highest BCUT2D eigenvalue weighted by Crippen LogP contribution is 2.25. The third kappa shape index (κ3) is 2.13. The van der Waals surface area contributed by atoms with Gasteiger partial charge in [-0.25, -0.2) is 4.98 Å². The molecule has 0 aliphatic heterocycles. The number of ether oxygens (including phenoxy) is 1. The lowest BCUT2D eigenvalue weighted by Gasteiger charge is -2.08. The van der Waals surface area contributed by atoms with Crippen molar-refractivity contribution in [2.75, 3.05) is 5.73 Å². The second-order valence-electron chi connectivity index (χ2n) is 3.64. The Balaban J connectivity index is 2.33. The number of hydrogen-bond acceptors (Lipinski definition) is 5. The summed E-state index contributed by atoms with van der Waals surface area (Å²) in [5.41, 5.74) is 6.77. The minimum Gasteiger partial charge on any atom is -0.475 e. The third-order valence-electron chi connectivity index (χ3n) is 1.91. The normalized spacial score (nSPS) is 10.7. The van der Waals surface area contributed by atoms with Gasteiger partial charge in [-0.1, -0.05) is 11.2 Å². The van der Waals surface area contributed by atoms with Gasteiger partial charge in [0.25, 0.3) is 0 Å². The molecule has 0 bridgehead atoms. The van der Waals surface area contributed by atoms with Crippen LogP contribution in [-0.2, 0) is 0 Å². The lowest BCUT2D eigenvalue weighted by Crippen LogP contribution is -2.06. The van der Waals surface area contributed by atoms with Crippen molar-refractivity contribution in [1.29, 1.82) is 0 Å². The number of nitrogens with zero attached hydrogens (tertiary/aromatic N) is 2. The van der Waals surface area contributed by atoms with Crippen LogP contribution in [0.5, 0.6) is 5.88 Å². The highest BCUT2D eigenvalue weighted by Gasteiger charge is 2.10. The molecule has 0 radical (unpaired) electrons. The smallest absolute Gasteiger partial charge is 0.214 e. The molecule has 2 aromatic rings. The van der Waals surface area contributed by atoms with Crippen LogP contribution in [0.25, 0.3) is 11.5 Å². The molecule has 2 aromatic heterocycles. The van der Waals surface area contributed by atoms with E-state index < -0.39 is 0 Å². The molecule has 16 heavy (non-hydrogen) atoms. The quantitative estimate of drug-likeness (QED) is 0.855. The minimum absolute atomic E-state index is 0.0785. The summed E-state index contributed by atoms with van der Waals surface area (Å²) in [5, 5.41) is 3.61. The van der Waals surface area contributed by atoms with Crippen LogP contribution >= 0.6 is 0 Å². The van der Waals surface area contributed by atoms with Gasteiger partial charge in [-0.2, -0.15) is 0 Å². The molecule has 0 aromatic carbocycles. The summed E-state index contributed by atoms with van der Waals surface area (Å²) in [4.78, 5) is 4.28. The Hall–Kier alpha value is -2.04. The topological polar surface area (TPSA) is 74.2 Å². The highest BCUT2D eigenvalue weighted by atomic mass is 16.5. The molecule has 0 fully saturated rings. The molecule has 0 saturated carbocycles. The summed E-state index contributed by atoms with van der Waals surface area (Å²) in [7, 11) is 0. The van der Waals surface area contributed by atoms with Crippen molar-refractivity contribution in [2.45, 2.75) is 20.0 Å². The van der Waals surface area contributed by atoms with E-state index in [-0.39, 0.29) is 6.10 Å². The van der Waals surface area contributed by atoms with Gasteiger partial charge in [0, 0.05) is 6.07 Å². The predicted octanol–water partition coefficient (Wildman–Crippen LogP) is 2.11. The molecule has 0 aliphatic carbocycles. The zero-order valence-corrected chi connectivity index (χ0v) is 9.18. The van der Waals surface area contributed by atoms with Gasteiger partial charge in [-0.3, -0.25) is 0 Å². The van der Waals surface area contributed by atoms with Crippen molar-refractivity contribution < 1.29 is 9.26 Å². The van der Waals surface area contributed by atoms with E-state index in [9.17, 15) is 0 Å². The fraction of sp³-hybridized carbons (Fsp3) is 0.273. The second-order valence-corrected chi connectivity index (χ2v) is 3.64. The molecule has 0 unspecified atom stereocenters. The van der Waals surface area contributed by atoms with Crippen molar-refractivity contribution in [3.8, 4) is 17.3 Å². The van der Waals surface area contributed by atoms with Crippen LogP contribution in [0.4, 0.5) is 5.69 Å². The van der Waals surface area contributed by atoms with Gasteiger partial charge in [0.1, 0.15) is 11.4 Å². The van der Waals surface area contributed by atoms with Crippen LogP contribution in [0.3, 0.4) is 0 Å². The van der Waals surface area contributed by atoms with Gasteiger partial charge in [0.2, 0.25) is 11.6 Å². The van der Waals surface area contributed by atoms with Crippen LogP contribution in [0, 0.1) is 0 Å². The number of hydrogen-bond donors (Lipinski definition) is 1. The zero-order chi connectivity index (χ0) is 11.5. The molecule has 0 atom stereocenters. The molecule has 2 N–H and O–H groups in total. The summed E-state index contributed by atoms with van der Waals surface area (Å²) < 4.78 is 10.5. The Labute approximate surface area is 93.2 Å². The summed E-state index contributed by atoms with van der Waals surface area (Å²) in [5.74, 6) is 1.01. The lowest BCUT2D eigenvalue weighted by atomic mass is 10.2. The van der Waals surface area contributed by atoms with E-state index >= 15 is 0 Å². The average Bonchev–Trinajstić information content (AvgIpc) is 2.64. The molecular formula is C11H13N3O2. The van der Waals surface area contributed by atoms with Gasteiger partial charge < -0.3 is 15.0 Å². The summed E-state index contributed by atoms with van der Waals surface area (Å²) in [6.45, 7) is 3.88. The number of rotatable bonds is 3. The molecule has 0 aliphatic rings. The fourth-order valence-electron chi connectivity index (χ4n) is 1.29. The molecule has 2 rings (SSSR count). The monoisotopic (exact) mass is 219 g/mol. The Bertz CT molecular complexity index is 480. The highest BCUT2D eigenvalue weighted by molar-refractivity contribution is 5.66. The van der Waals surface area contributed by atoms with Crippen LogP contribution < -0.4 is 10.5 Å².